The van der Waals surface area contributed by atoms with E-state index in [1.807, 2.05) is 23.1 Å². The lowest BCUT2D eigenvalue weighted by atomic mass is 9.84. The summed E-state index contributed by atoms with van der Waals surface area (Å²) in [4.78, 5) is 68.7. The van der Waals surface area contributed by atoms with Gasteiger partial charge in [-0.25, -0.2) is 4.39 Å². The standard InChI is InChI=1S/C35H33FN4O5/c36-29-7-2-1-5-26(29)15-32(42)39-19-22-12-23(20-39)18-38(17-22)16-21-4-3-6-24(13-21)25-8-9-27-28(14-25)35(45)40(34(27)44)30-10-11-31(41)37-33(30)43/h1-9,13-14,22-23,30H,10-12,15-20H2,(H,37,41,43). The number of carbonyl (C=O) groups is 5. The normalized spacial score (nSPS) is 23.3. The number of hydrogen-bond acceptors (Lipinski definition) is 6. The minimum Gasteiger partial charge on any atom is -0.342 e. The Hall–Kier alpha value is -4.70. The third-order valence-corrected chi connectivity index (χ3v) is 9.42. The maximum atomic E-state index is 14.1. The molecule has 5 amide bonds. The summed E-state index contributed by atoms with van der Waals surface area (Å²) >= 11 is 0. The number of nitrogens with zero attached hydrogens (tertiary/aromatic N) is 3. The lowest BCUT2D eigenvalue weighted by molar-refractivity contribution is -0.136. The first-order valence-corrected chi connectivity index (χ1v) is 15.4. The largest absolute Gasteiger partial charge is 0.342 e. The second-order valence-corrected chi connectivity index (χ2v) is 12.6. The van der Waals surface area contributed by atoms with Gasteiger partial charge in [0.1, 0.15) is 11.9 Å². The summed E-state index contributed by atoms with van der Waals surface area (Å²) in [6.07, 6.45) is 1.36. The van der Waals surface area contributed by atoms with E-state index in [9.17, 15) is 28.4 Å². The molecule has 9 nitrogen and oxygen atoms in total. The highest BCUT2D eigenvalue weighted by molar-refractivity contribution is 6.23. The summed E-state index contributed by atoms with van der Waals surface area (Å²) in [6, 6.07) is 18.7. The van der Waals surface area contributed by atoms with Gasteiger partial charge in [0.25, 0.3) is 11.8 Å². The van der Waals surface area contributed by atoms with Crippen LogP contribution in [0.5, 0.6) is 0 Å². The zero-order valence-electron chi connectivity index (χ0n) is 24.7. The Morgan fingerprint density at radius 1 is 0.822 bits per heavy atom. The number of nitrogens with one attached hydrogen (secondary N) is 1. The molecule has 7 rings (SSSR count). The minimum absolute atomic E-state index is 0.0225. The van der Waals surface area contributed by atoms with E-state index < -0.39 is 29.7 Å². The fourth-order valence-electron chi connectivity index (χ4n) is 7.39. The molecule has 3 aromatic carbocycles. The molecule has 3 saturated heterocycles. The zero-order valence-corrected chi connectivity index (χ0v) is 24.7. The number of fused-ring (bicyclic) bond motifs is 3. The second kappa shape index (κ2) is 11.7. The fraction of sp³-hybridized carbons (Fsp3) is 0.343. The van der Waals surface area contributed by atoms with Crippen LogP contribution in [-0.4, -0.2) is 76.5 Å². The molecule has 1 N–H and O–H groups in total. The molecule has 0 aromatic heterocycles. The van der Waals surface area contributed by atoms with Crippen LogP contribution in [0.3, 0.4) is 0 Å². The van der Waals surface area contributed by atoms with Crippen LogP contribution >= 0.6 is 0 Å². The lowest BCUT2D eigenvalue weighted by Crippen LogP contribution is -2.54. The van der Waals surface area contributed by atoms with Gasteiger partial charge in [0, 0.05) is 39.1 Å². The quantitative estimate of drug-likeness (QED) is 0.430. The Labute approximate surface area is 260 Å². The number of rotatable bonds is 6. The van der Waals surface area contributed by atoms with E-state index in [-0.39, 0.29) is 42.1 Å². The van der Waals surface area contributed by atoms with E-state index in [2.05, 4.69) is 22.3 Å². The van der Waals surface area contributed by atoms with Crippen LogP contribution in [0.15, 0.2) is 66.7 Å². The van der Waals surface area contributed by atoms with E-state index >= 15 is 0 Å². The van der Waals surface area contributed by atoms with Gasteiger partial charge in [-0.2, -0.15) is 0 Å². The number of amides is 5. The van der Waals surface area contributed by atoms with Gasteiger partial charge in [-0.3, -0.25) is 39.1 Å². The van der Waals surface area contributed by atoms with Gasteiger partial charge in [-0.1, -0.05) is 42.5 Å². The first-order chi connectivity index (χ1) is 21.7. The molecule has 10 heteroatoms. The van der Waals surface area contributed by atoms with Gasteiger partial charge in [0.2, 0.25) is 17.7 Å². The van der Waals surface area contributed by atoms with E-state index in [0.717, 1.165) is 47.6 Å². The number of imide groups is 2. The van der Waals surface area contributed by atoms with Crippen molar-refractivity contribution in [1.82, 2.24) is 20.0 Å². The molecule has 3 fully saturated rings. The van der Waals surface area contributed by atoms with Crippen LogP contribution in [-0.2, 0) is 27.3 Å². The Morgan fingerprint density at radius 3 is 2.31 bits per heavy atom. The number of carbonyl (C=O) groups excluding carboxylic acids is 5. The molecular formula is C35H33FN4O5. The maximum Gasteiger partial charge on any atom is 0.262 e. The average Bonchev–Trinajstić information content (AvgIpc) is 3.26. The SMILES string of the molecule is O=C1CCC(N2C(=O)c3ccc(-c4cccc(CN5CC6CC(C5)CN(C(=O)Cc5ccccc5F)C6)c4)cc3C2=O)C(=O)N1. The first-order valence-electron chi connectivity index (χ1n) is 15.4. The van der Waals surface area contributed by atoms with Crippen molar-refractivity contribution in [2.75, 3.05) is 26.2 Å². The van der Waals surface area contributed by atoms with Crippen molar-refractivity contribution in [3.63, 3.8) is 0 Å². The molecule has 230 valence electrons. The topological polar surface area (TPSA) is 107 Å². The Bertz CT molecular complexity index is 1730. The molecule has 4 aliphatic heterocycles. The van der Waals surface area contributed by atoms with Crippen LogP contribution in [0.4, 0.5) is 4.39 Å². The van der Waals surface area contributed by atoms with Crippen molar-refractivity contribution in [2.24, 2.45) is 11.8 Å². The third kappa shape index (κ3) is 5.66. The predicted octanol–water partition coefficient (Wildman–Crippen LogP) is 3.42. The van der Waals surface area contributed by atoms with Gasteiger partial charge >= 0.3 is 0 Å². The molecule has 3 unspecified atom stereocenters. The summed E-state index contributed by atoms with van der Waals surface area (Å²) in [7, 11) is 0. The van der Waals surface area contributed by atoms with Crippen molar-refractivity contribution in [2.45, 2.75) is 38.3 Å². The molecule has 0 saturated carbocycles. The van der Waals surface area contributed by atoms with Gasteiger partial charge in [-0.05, 0) is 71.2 Å². The molecule has 0 radical (unpaired) electrons. The van der Waals surface area contributed by atoms with E-state index in [1.54, 1.807) is 30.3 Å². The van der Waals surface area contributed by atoms with Crippen LogP contribution in [0.25, 0.3) is 11.1 Å². The summed E-state index contributed by atoms with van der Waals surface area (Å²) in [5, 5.41) is 2.22. The molecular weight excluding hydrogens is 575 g/mol. The number of benzene rings is 3. The number of hydrogen-bond donors (Lipinski definition) is 1. The van der Waals surface area contributed by atoms with Crippen molar-refractivity contribution in [3.8, 4) is 11.1 Å². The summed E-state index contributed by atoms with van der Waals surface area (Å²) in [6.45, 7) is 3.84. The van der Waals surface area contributed by atoms with Gasteiger partial charge in [0.15, 0.2) is 0 Å². The van der Waals surface area contributed by atoms with Crippen molar-refractivity contribution < 1.29 is 28.4 Å². The number of piperidine rings is 3. The molecule has 0 spiro atoms. The molecule has 45 heavy (non-hydrogen) atoms. The average molecular weight is 609 g/mol. The zero-order chi connectivity index (χ0) is 31.2. The van der Waals surface area contributed by atoms with Gasteiger partial charge in [-0.15, -0.1) is 0 Å². The van der Waals surface area contributed by atoms with Crippen molar-refractivity contribution >= 4 is 29.5 Å². The van der Waals surface area contributed by atoms with Crippen LogP contribution in [0.1, 0.15) is 51.1 Å². The van der Waals surface area contributed by atoms with Crippen LogP contribution in [0, 0.1) is 17.7 Å². The molecule has 2 bridgehead atoms. The summed E-state index contributed by atoms with van der Waals surface area (Å²) in [5.74, 6) is -1.72. The van der Waals surface area contributed by atoms with E-state index in [4.69, 9.17) is 0 Å². The Balaban J connectivity index is 1.01. The first kappa shape index (κ1) is 29.0. The fourth-order valence-corrected chi connectivity index (χ4v) is 7.39. The van der Waals surface area contributed by atoms with Gasteiger partial charge < -0.3 is 4.90 Å². The molecule has 4 heterocycles. The lowest BCUT2D eigenvalue weighted by Gasteiger charge is -2.46. The van der Waals surface area contributed by atoms with Crippen molar-refractivity contribution in [1.29, 1.82) is 0 Å². The highest BCUT2D eigenvalue weighted by Gasteiger charge is 2.44. The smallest absolute Gasteiger partial charge is 0.262 e. The second-order valence-electron chi connectivity index (χ2n) is 12.6. The maximum absolute atomic E-state index is 14.1. The number of likely N-dealkylation sites (tertiary alicyclic amines) is 2. The summed E-state index contributed by atoms with van der Waals surface area (Å²) < 4.78 is 14.1. The third-order valence-electron chi connectivity index (χ3n) is 9.42. The van der Waals surface area contributed by atoms with Crippen LogP contribution in [0.2, 0.25) is 0 Å². The van der Waals surface area contributed by atoms with Crippen LogP contribution < -0.4 is 5.32 Å². The Kier molecular flexibility index (Phi) is 7.53. The van der Waals surface area contributed by atoms with E-state index in [0.29, 0.717) is 30.5 Å². The monoisotopic (exact) mass is 608 g/mol. The number of halogens is 1. The predicted molar refractivity (Wildman–Crippen MR) is 162 cm³/mol. The Morgan fingerprint density at radius 2 is 1.56 bits per heavy atom. The molecule has 3 atom stereocenters. The highest BCUT2D eigenvalue weighted by Crippen LogP contribution is 2.33. The summed E-state index contributed by atoms with van der Waals surface area (Å²) in [5.41, 5.74) is 3.77. The molecule has 0 aliphatic carbocycles. The van der Waals surface area contributed by atoms with Gasteiger partial charge in [0.05, 0.1) is 17.5 Å². The molecule has 3 aromatic rings. The highest BCUT2D eigenvalue weighted by atomic mass is 19.1. The van der Waals surface area contributed by atoms with E-state index in [1.165, 1.54) is 6.07 Å². The molecule has 4 aliphatic rings. The minimum atomic E-state index is -0.997. The van der Waals surface area contributed by atoms with Crippen molar-refractivity contribution in [3.05, 3.63) is 94.8 Å².